The van der Waals surface area contributed by atoms with E-state index in [1.54, 1.807) is 6.92 Å². The monoisotopic (exact) mass is 186 g/mol. The van der Waals surface area contributed by atoms with Gasteiger partial charge in [0.05, 0.1) is 0 Å². The maximum atomic E-state index is 11.6. The zero-order valence-corrected chi connectivity index (χ0v) is 8.36. The van der Waals surface area contributed by atoms with Crippen molar-refractivity contribution >= 4 is 5.78 Å². The van der Waals surface area contributed by atoms with E-state index in [2.05, 4.69) is 18.7 Å². The molecule has 1 aromatic carbocycles. The van der Waals surface area contributed by atoms with Crippen molar-refractivity contribution in [1.29, 1.82) is 0 Å². The number of ketones is 1. The quantitative estimate of drug-likeness (QED) is 0.663. The van der Waals surface area contributed by atoms with Crippen LogP contribution in [0.3, 0.4) is 0 Å². The third-order valence-electron chi connectivity index (χ3n) is 2.78. The minimum atomic E-state index is 0.204. The summed E-state index contributed by atoms with van der Waals surface area (Å²) >= 11 is 0. The predicted molar refractivity (Wildman–Crippen MR) is 57.1 cm³/mol. The molecule has 2 rings (SSSR count). The van der Waals surface area contributed by atoms with Crippen molar-refractivity contribution < 1.29 is 4.79 Å². The SMILES string of the molecule is C=C(C)C(=O)C1CC1c1ccccc1. The fourth-order valence-corrected chi connectivity index (χ4v) is 1.87. The van der Waals surface area contributed by atoms with E-state index in [-0.39, 0.29) is 11.7 Å². The summed E-state index contributed by atoms with van der Waals surface area (Å²) in [6.07, 6.45) is 0.996. The first-order valence-corrected chi connectivity index (χ1v) is 4.95. The van der Waals surface area contributed by atoms with Crippen LogP contribution in [0.25, 0.3) is 0 Å². The van der Waals surface area contributed by atoms with Gasteiger partial charge in [0.1, 0.15) is 0 Å². The van der Waals surface area contributed by atoms with E-state index in [0.717, 1.165) is 6.42 Å². The lowest BCUT2D eigenvalue weighted by molar-refractivity contribution is -0.116. The van der Waals surface area contributed by atoms with Crippen LogP contribution in [0.1, 0.15) is 24.8 Å². The smallest absolute Gasteiger partial charge is 0.161 e. The molecule has 2 atom stereocenters. The zero-order chi connectivity index (χ0) is 10.1. The Balaban J connectivity index is 2.07. The van der Waals surface area contributed by atoms with Crippen LogP contribution < -0.4 is 0 Å². The minimum absolute atomic E-state index is 0.204. The molecule has 1 heteroatoms. The number of Topliss-reactive ketones (excluding diaryl/α,β-unsaturated/α-hetero) is 1. The number of hydrogen-bond donors (Lipinski definition) is 0. The lowest BCUT2D eigenvalue weighted by atomic mass is 10.1. The molecule has 0 radical (unpaired) electrons. The first-order chi connectivity index (χ1) is 6.70. The second-order valence-electron chi connectivity index (χ2n) is 4.00. The van der Waals surface area contributed by atoms with Crippen LogP contribution in [-0.2, 0) is 4.79 Å². The topological polar surface area (TPSA) is 17.1 Å². The van der Waals surface area contributed by atoms with Crippen molar-refractivity contribution in [1.82, 2.24) is 0 Å². The molecule has 1 fully saturated rings. The first kappa shape index (κ1) is 9.20. The Labute approximate surface area is 84.5 Å². The molecule has 1 aliphatic carbocycles. The van der Waals surface area contributed by atoms with Crippen molar-refractivity contribution in [3.63, 3.8) is 0 Å². The molecule has 1 aromatic rings. The molecule has 1 aliphatic rings. The number of benzene rings is 1. The van der Waals surface area contributed by atoms with E-state index in [0.29, 0.717) is 11.5 Å². The maximum absolute atomic E-state index is 11.6. The molecule has 0 bridgehead atoms. The van der Waals surface area contributed by atoms with Crippen molar-refractivity contribution in [2.24, 2.45) is 5.92 Å². The molecule has 14 heavy (non-hydrogen) atoms. The Bertz CT molecular complexity index is 364. The van der Waals surface area contributed by atoms with Gasteiger partial charge in [0.2, 0.25) is 0 Å². The van der Waals surface area contributed by atoms with Gasteiger partial charge in [-0.25, -0.2) is 0 Å². The van der Waals surface area contributed by atoms with Crippen LogP contribution >= 0.6 is 0 Å². The summed E-state index contributed by atoms with van der Waals surface area (Å²) in [4.78, 5) is 11.6. The summed E-state index contributed by atoms with van der Waals surface area (Å²) in [6, 6.07) is 10.2. The van der Waals surface area contributed by atoms with E-state index < -0.39 is 0 Å². The van der Waals surface area contributed by atoms with Gasteiger partial charge >= 0.3 is 0 Å². The Hall–Kier alpha value is -1.37. The van der Waals surface area contributed by atoms with Gasteiger partial charge in [-0.15, -0.1) is 0 Å². The number of carbonyl (C=O) groups excluding carboxylic acids is 1. The highest BCUT2D eigenvalue weighted by Gasteiger charge is 2.43. The second kappa shape index (κ2) is 3.41. The highest BCUT2D eigenvalue weighted by atomic mass is 16.1. The number of allylic oxidation sites excluding steroid dienone is 1. The molecule has 0 N–H and O–H groups in total. The number of rotatable bonds is 3. The Morgan fingerprint density at radius 3 is 2.57 bits per heavy atom. The van der Waals surface area contributed by atoms with Crippen LogP contribution in [0.2, 0.25) is 0 Å². The summed E-state index contributed by atoms with van der Waals surface area (Å²) in [5.74, 6) is 0.883. The van der Waals surface area contributed by atoms with Crippen molar-refractivity contribution in [2.75, 3.05) is 0 Å². The van der Waals surface area contributed by atoms with E-state index in [1.807, 2.05) is 18.2 Å². The second-order valence-corrected chi connectivity index (χ2v) is 4.00. The van der Waals surface area contributed by atoms with Gasteiger partial charge < -0.3 is 0 Å². The summed E-state index contributed by atoms with van der Waals surface area (Å²) in [7, 11) is 0. The van der Waals surface area contributed by atoms with Gasteiger partial charge in [0.15, 0.2) is 5.78 Å². The predicted octanol–water partition coefficient (Wildman–Crippen LogP) is 2.94. The van der Waals surface area contributed by atoms with Crippen molar-refractivity contribution in [3.8, 4) is 0 Å². The van der Waals surface area contributed by atoms with Crippen LogP contribution in [0.4, 0.5) is 0 Å². The lowest BCUT2D eigenvalue weighted by Crippen LogP contribution is -2.02. The third-order valence-corrected chi connectivity index (χ3v) is 2.78. The van der Waals surface area contributed by atoms with Crippen LogP contribution in [0.15, 0.2) is 42.5 Å². The number of carbonyl (C=O) groups is 1. The van der Waals surface area contributed by atoms with Crippen molar-refractivity contribution in [2.45, 2.75) is 19.3 Å². The highest BCUT2D eigenvalue weighted by Crippen LogP contribution is 2.48. The molecule has 0 aromatic heterocycles. The molecule has 1 nitrogen and oxygen atoms in total. The summed E-state index contributed by atoms with van der Waals surface area (Å²) in [5, 5.41) is 0. The van der Waals surface area contributed by atoms with Gasteiger partial charge in [-0.1, -0.05) is 36.9 Å². The van der Waals surface area contributed by atoms with E-state index in [1.165, 1.54) is 5.56 Å². The minimum Gasteiger partial charge on any atom is -0.294 e. The maximum Gasteiger partial charge on any atom is 0.161 e. The first-order valence-electron chi connectivity index (χ1n) is 4.95. The number of hydrogen-bond acceptors (Lipinski definition) is 1. The van der Waals surface area contributed by atoms with Gasteiger partial charge in [0.25, 0.3) is 0 Å². The molecule has 0 heterocycles. The molecule has 72 valence electrons. The van der Waals surface area contributed by atoms with Gasteiger partial charge in [0, 0.05) is 5.92 Å². The fraction of sp³-hybridized carbons (Fsp3) is 0.308. The molecular weight excluding hydrogens is 172 g/mol. The highest BCUT2D eigenvalue weighted by molar-refractivity contribution is 5.98. The Morgan fingerprint density at radius 1 is 1.36 bits per heavy atom. The largest absolute Gasteiger partial charge is 0.294 e. The van der Waals surface area contributed by atoms with Crippen molar-refractivity contribution in [3.05, 3.63) is 48.0 Å². The average Bonchev–Trinajstić information content (AvgIpc) is 2.97. The Morgan fingerprint density at radius 2 is 2.00 bits per heavy atom. The van der Waals surface area contributed by atoms with Crippen LogP contribution in [0.5, 0.6) is 0 Å². The average molecular weight is 186 g/mol. The van der Waals surface area contributed by atoms with Crippen LogP contribution in [-0.4, -0.2) is 5.78 Å². The van der Waals surface area contributed by atoms with Gasteiger partial charge in [-0.3, -0.25) is 4.79 Å². The normalized spacial score (nSPS) is 24.4. The van der Waals surface area contributed by atoms with E-state index in [9.17, 15) is 4.79 Å². The fourth-order valence-electron chi connectivity index (χ4n) is 1.87. The van der Waals surface area contributed by atoms with Crippen LogP contribution in [0, 0.1) is 5.92 Å². The Kier molecular flexibility index (Phi) is 2.24. The molecule has 2 unspecified atom stereocenters. The van der Waals surface area contributed by atoms with Gasteiger partial charge in [-0.2, -0.15) is 0 Å². The molecular formula is C13H14O. The standard InChI is InChI=1S/C13H14O/c1-9(2)13(14)12-8-11(12)10-6-4-3-5-7-10/h3-7,11-12H,1,8H2,2H3. The molecule has 0 amide bonds. The van der Waals surface area contributed by atoms with Gasteiger partial charge in [-0.05, 0) is 30.4 Å². The summed E-state index contributed by atoms with van der Waals surface area (Å²) in [5.41, 5.74) is 1.97. The molecule has 0 saturated heterocycles. The van der Waals surface area contributed by atoms with E-state index >= 15 is 0 Å². The molecule has 0 aliphatic heterocycles. The summed E-state index contributed by atoms with van der Waals surface area (Å²) in [6.45, 7) is 5.49. The van der Waals surface area contributed by atoms with E-state index in [4.69, 9.17) is 0 Å². The third kappa shape index (κ3) is 1.63. The molecule has 0 spiro atoms. The molecule has 1 saturated carbocycles. The summed E-state index contributed by atoms with van der Waals surface area (Å²) < 4.78 is 0. The zero-order valence-electron chi connectivity index (χ0n) is 8.36. The lowest BCUT2D eigenvalue weighted by Gasteiger charge is -1.99.